The van der Waals surface area contributed by atoms with Gasteiger partial charge in [-0.1, -0.05) is 12.2 Å². The summed E-state index contributed by atoms with van der Waals surface area (Å²) >= 11 is 0. The number of fused-ring (bicyclic) bond motifs is 1. The second-order valence-electron chi connectivity index (χ2n) is 4.07. The van der Waals surface area contributed by atoms with Gasteiger partial charge in [0.25, 0.3) is 0 Å². The lowest BCUT2D eigenvalue weighted by atomic mass is 10.1. The smallest absolute Gasteiger partial charge is 0.0496 e. The molecule has 1 saturated carbocycles. The molecule has 0 aromatic rings. The molecule has 2 rings (SSSR count). The maximum absolute atomic E-state index is 5.22. The van der Waals surface area contributed by atoms with Crippen LogP contribution in [0.3, 0.4) is 0 Å². The van der Waals surface area contributed by atoms with E-state index in [2.05, 4.69) is 12.2 Å². The molecule has 0 aromatic heterocycles. The minimum absolute atomic E-state index is 0.898. The van der Waals surface area contributed by atoms with Crippen molar-refractivity contribution in [2.45, 2.75) is 25.7 Å². The average molecular weight is 166 g/mol. The fourth-order valence-electron chi connectivity index (χ4n) is 2.63. The highest BCUT2D eigenvalue weighted by Crippen LogP contribution is 2.52. The summed E-state index contributed by atoms with van der Waals surface area (Å²) in [6.07, 6.45) is 10.1. The molecule has 0 aliphatic heterocycles. The molecule has 68 valence electrons. The molecule has 0 amide bonds. The lowest BCUT2D eigenvalue weighted by Gasteiger charge is -1.99. The van der Waals surface area contributed by atoms with Crippen molar-refractivity contribution >= 4 is 0 Å². The Bertz CT molecular complexity index is 158. The summed E-state index contributed by atoms with van der Waals surface area (Å²) < 4.78 is 5.22. The first-order valence-electron chi connectivity index (χ1n) is 5.07. The minimum atomic E-state index is 0.898. The third-order valence-electron chi connectivity index (χ3n) is 3.37. The van der Waals surface area contributed by atoms with Gasteiger partial charge in [-0.25, -0.2) is 0 Å². The predicted molar refractivity (Wildman–Crippen MR) is 50.0 cm³/mol. The summed E-state index contributed by atoms with van der Waals surface area (Å²) in [5.41, 5.74) is 0. The molecular formula is C11H18O. The van der Waals surface area contributed by atoms with Crippen LogP contribution in [0.25, 0.3) is 0 Å². The van der Waals surface area contributed by atoms with Crippen molar-refractivity contribution in [3.8, 4) is 0 Å². The molecule has 2 atom stereocenters. The van der Waals surface area contributed by atoms with Crippen LogP contribution in [0.15, 0.2) is 12.2 Å². The Hall–Kier alpha value is -0.300. The van der Waals surface area contributed by atoms with Gasteiger partial charge in [-0.05, 0) is 43.4 Å². The van der Waals surface area contributed by atoms with Gasteiger partial charge in [0.05, 0.1) is 0 Å². The van der Waals surface area contributed by atoms with Gasteiger partial charge >= 0.3 is 0 Å². The SMILES string of the molecule is COCC1C2CC/C=C\CCC21. The second kappa shape index (κ2) is 3.61. The fourth-order valence-corrected chi connectivity index (χ4v) is 2.63. The molecule has 0 radical (unpaired) electrons. The lowest BCUT2D eigenvalue weighted by molar-refractivity contribution is 0.176. The van der Waals surface area contributed by atoms with Crippen molar-refractivity contribution < 1.29 is 4.74 Å². The third-order valence-corrected chi connectivity index (χ3v) is 3.37. The van der Waals surface area contributed by atoms with E-state index in [1.807, 2.05) is 7.11 Å². The molecule has 0 heterocycles. The number of methoxy groups -OCH3 is 1. The van der Waals surface area contributed by atoms with Crippen LogP contribution in [0.2, 0.25) is 0 Å². The van der Waals surface area contributed by atoms with Gasteiger partial charge in [0.15, 0.2) is 0 Å². The van der Waals surface area contributed by atoms with Gasteiger partial charge in [0, 0.05) is 13.7 Å². The zero-order valence-corrected chi connectivity index (χ0v) is 7.83. The van der Waals surface area contributed by atoms with Crippen LogP contribution in [0.1, 0.15) is 25.7 Å². The van der Waals surface area contributed by atoms with E-state index in [1.54, 1.807) is 0 Å². The normalized spacial score (nSPS) is 42.6. The fraction of sp³-hybridized carbons (Fsp3) is 0.818. The zero-order chi connectivity index (χ0) is 8.39. The summed E-state index contributed by atoms with van der Waals surface area (Å²) in [7, 11) is 1.82. The number of hydrogen-bond donors (Lipinski definition) is 0. The van der Waals surface area contributed by atoms with Crippen molar-refractivity contribution in [3.63, 3.8) is 0 Å². The van der Waals surface area contributed by atoms with Gasteiger partial charge in [0.2, 0.25) is 0 Å². The van der Waals surface area contributed by atoms with Crippen LogP contribution in [0, 0.1) is 17.8 Å². The molecule has 2 aliphatic rings. The standard InChI is InChI=1S/C11H18O/c1-12-8-11-9-6-4-2-3-5-7-10(9)11/h2-3,9-11H,4-8H2,1H3/b3-2-. The zero-order valence-electron chi connectivity index (χ0n) is 7.83. The van der Waals surface area contributed by atoms with Crippen LogP contribution in [-0.2, 0) is 4.74 Å². The largest absolute Gasteiger partial charge is 0.384 e. The van der Waals surface area contributed by atoms with Gasteiger partial charge in [-0.2, -0.15) is 0 Å². The van der Waals surface area contributed by atoms with E-state index in [1.165, 1.54) is 25.7 Å². The molecule has 1 fully saturated rings. The predicted octanol–water partition coefficient (Wildman–Crippen LogP) is 2.63. The van der Waals surface area contributed by atoms with Gasteiger partial charge < -0.3 is 4.74 Å². The molecule has 1 nitrogen and oxygen atoms in total. The van der Waals surface area contributed by atoms with Crippen molar-refractivity contribution in [1.29, 1.82) is 0 Å². The molecular weight excluding hydrogens is 148 g/mol. The van der Waals surface area contributed by atoms with E-state index in [9.17, 15) is 0 Å². The van der Waals surface area contributed by atoms with Crippen molar-refractivity contribution in [3.05, 3.63) is 12.2 Å². The lowest BCUT2D eigenvalue weighted by Crippen LogP contribution is -1.93. The van der Waals surface area contributed by atoms with Crippen molar-refractivity contribution in [2.24, 2.45) is 17.8 Å². The summed E-state index contributed by atoms with van der Waals surface area (Å²) in [5.74, 6) is 2.89. The Balaban J connectivity index is 1.85. The number of ether oxygens (including phenoxy) is 1. The number of rotatable bonds is 2. The monoisotopic (exact) mass is 166 g/mol. The molecule has 0 bridgehead atoms. The van der Waals surface area contributed by atoms with Crippen LogP contribution in [-0.4, -0.2) is 13.7 Å². The Morgan fingerprint density at radius 2 is 1.75 bits per heavy atom. The van der Waals surface area contributed by atoms with Gasteiger partial charge in [-0.3, -0.25) is 0 Å². The van der Waals surface area contributed by atoms with E-state index in [-0.39, 0.29) is 0 Å². The first-order valence-corrected chi connectivity index (χ1v) is 5.07. The van der Waals surface area contributed by atoms with Crippen LogP contribution in [0.5, 0.6) is 0 Å². The third kappa shape index (κ3) is 1.56. The highest BCUT2D eigenvalue weighted by atomic mass is 16.5. The summed E-state index contributed by atoms with van der Waals surface area (Å²) in [6.45, 7) is 0.995. The van der Waals surface area contributed by atoms with Crippen molar-refractivity contribution in [2.75, 3.05) is 13.7 Å². The second-order valence-corrected chi connectivity index (χ2v) is 4.07. The first kappa shape index (κ1) is 8.31. The molecule has 12 heavy (non-hydrogen) atoms. The maximum Gasteiger partial charge on any atom is 0.0496 e. The first-order chi connectivity index (χ1) is 5.93. The van der Waals surface area contributed by atoms with Gasteiger partial charge in [0.1, 0.15) is 0 Å². The molecule has 0 spiro atoms. The molecule has 2 unspecified atom stereocenters. The van der Waals surface area contributed by atoms with E-state index in [0.717, 1.165) is 24.4 Å². The maximum atomic E-state index is 5.22. The summed E-state index contributed by atoms with van der Waals surface area (Å²) in [4.78, 5) is 0. The van der Waals surface area contributed by atoms with Crippen molar-refractivity contribution in [1.82, 2.24) is 0 Å². The van der Waals surface area contributed by atoms with Crippen LogP contribution >= 0.6 is 0 Å². The molecule has 0 aromatic carbocycles. The van der Waals surface area contributed by atoms with E-state index in [4.69, 9.17) is 4.74 Å². The van der Waals surface area contributed by atoms with E-state index in [0.29, 0.717) is 0 Å². The minimum Gasteiger partial charge on any atom is -0.384 e. The molecule has 1 heteroatoms. The highest BCUT2D eigenvalue weighted by Gasteiger charge is 2.48. The van der Waals surface area contributed by atoms with E-state index >= 15 is 0 Å². The number of hydrogen-bond acceptors (Lipinski definition) is 1. The van der Waals surface area contributed by atoms with Crippen LogP contribution in [0.4, 0.5) is 0 Å². The topological polar surface area (TPSA) is 9.23 Å². The number of allylic oxidation sites excluding steroid dienone is 2. The Morgan fingerprint density at radius 3 is 2.25 bits per heavy atom. The summed E-state index contributed by atoms with van der Waals surface area (Å²) in [6, 6.07) is 0. The quantitative estimate of drug-likeness (QED) is 0.573. The summed E-state index contributed by atoms with van der Waals surface area (Å²) in [5, 5.41) is 0. The van der Waals surface area contributed by atoms with E-state index < -0.39 is 0 Å². The highest BCUT2D eigenvalue weighted by molar-refractivity contribution is 5.01. The molecule has 2 aliphatic carbocycles. The molecule has 0 N–H and O–H groups in total. The van der Waals surface area contributed by atoms with Gasteiger partial charge in [-0.15, -0.1) is 0 Å². The molecule has 0 saturated heterocycles. The Labute approximate surface area is 74.8 Å². The Morgan fingerprint density at radius 1 is 1.17 bits per heavy atom. The average Bonchev–Trinajstić information content (AvgIpc) is 2.61. The van der Waals surface area contributed by atoms with Crippen LogP contribution < -0.4 is 0 Å². The Kier molecular flexibility index (Phi) is 2.50.